The van der Waals surface area contributed by atoms with Gasteiger partial charge in [-0.1, -0.05) is 17.8 Å². The lowest BCUT2D eigenvalue weighted by Crippen LogP contribution is -2.07. The molecule has 0 radical (unpaired) electrons. The molecule has 4 nitrogen and oxygen atoms in total. The van der Waals surface area contributed by atoms with Crippen molar-refractivity contribution in [3.63, 3.8) is 0 Å². The summed E-state index contributed by atoms with van der Waals surface area (Å²) in [4.78, 5) is 14.5. The van der Waals surface area contributed by atoms with E-state index in [4.69, 9.17) is 5.73 Å². The zero-order valence-electron chi connectivity index (χ0n) is 11.3. The van der Waals surface area contributed by atoms with E-state index in [1.54, 1.807) is 35.9 Å². The molecule has 1 aromatic rings. The minimum Gasteiger partial charge on any atom is -0.325 e. The van der Waals surface area contributed by atoms with E-state index in [2.05, 4.69) is 15.0 Å². The summed E-state index contributed by atoms with van der Waals surface area (Å²) in [5.74, 6) is 0.520. The standard InChI is InChI=1S/C14H15FN4S2/c15-3-4-20-10-1-2-11-13(5-10)21-14(19-11)12-8-17-9(6-16)7-18-12/h1-2,7-8,13H,3-6,16H2. The van der Waals surface area contributed by atoms with Crippen LogP contribution in [0, 0.1) is 0 Å². The van der Waals surface area contributed by atoms with Crippen molar-refractivity contribution >= 4 is 28.6 Å². The van der Waals surface area contributed by atoms with Gasteiger partial charge in [-0.2, -0.15) is 0 Å². The van der Waals surface area contributed by atoms with E-state index in [0.717, 1.165) is 28.5 Å². The number of hydrogen-bond donors (Lipinski definition) is 1. The number of alkyl halides is 1. The zero-order valence-corrected chi connectivity index (χ0v) is 13.0. The van der Waals surface area contributed by atoms with Gasteiger partial charge >= 0.3 is 0 Å². The Morgan fingerprint density at radius 2 is 2.24 bits per heavy atom. The van der Waals surface area contributed by atoms with Crippen molar-refractivity contribution in [2.75, 3.05) is 12.4 Å². The Morgan fingerprint density at radius 3 is 2.95 bits per heavy atom. The first-order valence-electron chi connectivity index (χ1n) is 6.66. The summed E-state index contributed by atoms with van der Waals surface area (Å²) in [6.07, 6.45) is 8.38. The van der Waals surface area contributed by atoms with Gasteiger partial charge in [0.05, 0.1) is 35.7 Å². The Kier molecular flexibility index (Phi) is 4.72. The molecule has 1 aromatic heterocycles. The van der Waals surface area contributed by atoms with Crippen molar-refractivity contribution < 1.29 is 4.39 Å². The van der Waals surface area contributed by atoms with Gasteiger partial charge in [-0.3, -0.25) is 14.4 Å². The van der Waals surface area contributed by atoms with E-state index in [1.807, 2.05) is 12.2 Å². The smallest absolute Gasteiger partial charge is 0.124 e. The SMILES string of the molecule is NCc1cnc(C2=NC3=CC=C(SCCF)CC3S2)cn1. The molecule has 0 fully saturated rings. The molecule has 0 bridgehead atoms. The maximum atomic E-state index is 12.2. The van der Waals surface area contributed by atoms with Crippen molar-refractivity contribution in [2.24, 2.45) is 10.7 Å². The summed E-state index contributed by atoms with van der Waals surface area (Å²) < 4.78 is 12.2. The largest absolute Gasteiger partial charge is 0.325 e. The number of hydrogen-bond acceptors (Lipinski definition) is 6. The highest BCUT2D eigenvalue weighted by Crippen LogP contribution is 2.41. The van der Waals surface area contributed by atoms with E-state index >= 15 is 0 Å². The molecule has 0 saturated heterocycles. The normalized spacial score (nSPS) is 20.7. The molecule has 110 valence electrons. The minimum atomic E-state index is -0.290. The van der Waals surface area contributed by atoms with Gasteiger partial charge in [0.15, 0.2) is 0 Å². The number of allylic oxidation sites excluding steroid dienone is 3. The molecule has 7 heteroatoms. The molecular formula is C14H15FN4S2. The fourth-order valence-electron chi connectivity index (χ4n) is 2.10. The molecule has 2 aliphatic rings. The van der Waals surface area contributed by atoms with Crippen LogP contribution in [0.1, 0.15) is 17.8 Å². The van der Waals surface area contributed by atoms with Crippen LogP contribution in [0.4, 0.5) is 4.39 Å². The molecule has 0 amide bonds. The first kappa shape index (κ1) is 14.7. The van der Waals surface area contributed by atoms with E-state index in [0.29, 0.717) is 17.5 Å². The van der Waals surface area contributed by atoms with Crippen molar-refractivity contribution in [1.29, 1.82) is 0 Å². The summed E-state index contributed by atoms with van der Waals surface area (Å²) in [5.41, 5.74) is 8.13. The van der Waals surface area contributed by atoms with Crippen molar-refractivity contribution in [2.45, 2.75) is 18.2 Å². The fraction of sp³-hybridized carbons (Fsp3) is 0.357. The second-order valence-electron chi connectivity index (χ2n) is 4.59. The Morgan fingerprint density at radius 1 is 1.33 bits per heavy atom. The topological polar surface area (TPSA) is 64.2 Å². The summed E-state index contributed by atoms with van der Waals surface area (Å²) >= 11 is 3.28. The van der Waals surface area contributed by atoms with E-state index in [9.17, 15) is 4.39 Å². The monoisotopic (exact) mass is 322 g/mol. The number of thioether (sulfide) groups is 2. The molecular weight excluding hydrogens is 307 g/mol. The fourth-order valence-corrected chi connectivity index (χ4v) is 4.16. The molecule has 2 heterocycles. The Balaban J connectivity index is 1.73. The first-order chi connectivity index (χ1) is 10.3. The number of nitrogens with two attached hydrogens (primary N) is 1. The molecule has 1 atom stereocenters. The number of aromatic nitrogens is 2. The van der Waals surface area contributed by atoms with Gasteiger partial charge in [0, 0.05) is 12.3 Å². The third-order valence-electron chi connectivity index (χ3n) is 3.14. The van der Waals surface area contributed by atoms with Gasteiger partial charge in [-0.05, 0) is 17.4 Å². The molecule has 3 rings (SSSR count). The highest BCUT2D eigenvalue weighted by Gasteiger charge is 2.29. The van der Waals surface area contributed by atoms with Crippen LogP contribution in [-0.2, 0) is 6.54 Å². The molecule has 0 spiro atoms. The maximum Gasteiger partial charge on any atom is 0.124 e. The van der Waals surface area contributed by atoms with Gasteiger partial charge in [0.2, 0.25) is 0 Å². The molecule has 1 aliphatic heterocycles. The van der Waals surface area contributed by atoms with Gasteiger partial charge in [-0.25, -0.2) is 4.99 Å². The van der Waals surface area contributed by atoms with Crippen LogP contribution in [0.15, 0.2) is 40.1 Å². The highest BCUT2D eigenvalue weighted by molar-refractivity contribution is 8.15. The van der Waals surface area contributed by atoms with Crippen LogP contribution in [0.2, 0.25) is 0 Å². The quantitative estimate of drug-likeness (QED) is 0.903. The third-order valence-corrected chi connectivity index (χ3v) is 5.39. The molecule has 21 heavy (non-hydrogen) atoms. The summed E-state index contributed by atoms with van der Waals surface area (Å²) in [6.45, 7) is 0.0982. The lowest BCUT2D eigenvalue weighted by atomic mass is 10.1. The Labute approximate surface area is 131 Å². The molecule has 0 aromatic carbocycles. The maximum absolute atomic E-state index is 12.2. The van der Waals surface area contributed by atoms with E-state index in [-0.39, 0.29) is 6.67 Å². The van der Waals surface area contributed by atoms with Gasteiger partial charge in [0.1, 0.15) is 10.7 Å². The highest BCUT2D eigenvalue weighted by atomic mass is 32.2. The first-order valence-corrected chi connectivity index (χ1v) is 8.53. The van der Waals surface area contributed by atoms with Gasteiger partial charge in [0.25, 0.3) is 0 Å². The number of nitrogens with zero attached hydrogens (tertiary/aromatic N) is 3. The number of fused-ring (bicyclic) bond motifs is 1. The molecule has 1 unspecified atom stereocenters. The minimum absolute atomic E-state index is 0.290. The van der Waals surface area contributed by atoms with Crippen LogP contribution < -0.4 is 5.73 Å². The van der Waals surface area contributed by atoms with Crippen molar-refractivity contribution in [3.8, 4) is 0 Å². The lowest BCUT2D eigenvalue weighted by molar-refractivity contribution is 0.533. The number of rotatable bonds is 5. The zero-order chi connectivity index (χ0) is 14.7. The van der Waals surface area contributed by atoms with Gasteiger partial charge < -0.3 is 5.73 Å². The van der Waals surface area contributed by atoms with Crippen LogP contribution in [0.3, 0.4) is 0 Å². The number of aliphatic imine (C=N–C) groups is 1. The lowest BCUT2D eigenvalue weighted by Gasteiger charge is -2.16. The van der Waals surface area contributed by atoms with E-state index in [1.165, 1.54) is 4.91 Å². The van der Waals surface area contributed by atoms with Crippen LogP contribution in [0.25, 0.3) is 0 Å². The summed E-state index contributed by atoms with van der Waals surface area (Å²) in [5, 5.41) is 1.20. The van der Waals surface area contributed by atoms with Crippen LogP contribution >= 0.6 is 23.5 Å². The average Bonchev–Trinajstić information content (AvgIpc) is 2.96. The Hall–Kier alpha value is -1.18. The predicted octanol–water partition coefficient (Wildman–Crippen LogP) is 2.67. The predicted molar refractivity (Wildman–Crippen MR) is 87.1 cm³/mol. The third kappa shape index (κ3) is 3.36. The van der Waals surface area contributed by atoms with Crippen molar-refractivity contribution in [1.82, 2.24) is 9.97 Å². The summed E-state index contributed by atoms with van der Waals surface area (Å²) in [6, 6.07) is 0. The number of halogens is 1. The Bertz CT molecular complexity index is 610. The molecule has 1 aliphatic carbocycles. The average molecular weight is 322 g/mol. The van der Waals surface area contributed by atoms with Gasteiger partial charge in [-0.15, -0.1) is 11.8 Å². The van der Waals surface area contributed by atoms with E-state index < -0.39 is 0 Å². The van der Waals surface area contributed by atoms with Crippen LogP contribution in [0.5, 0.6) is 0 Å². The summed E-state index contributed by atoms with van der Waals surface area (Å²) in [7, 11) is 0. The second-order valence-corrected chi connectivity index (χ2v) is 7.00. The second kappa shape index (κ2) is 6.72. The van der Waals surface area contributed by atoms with Crippen molar-refractivity contribution in [3.05, 3.63) is 46.5 Å². The molecule has 2 N–H and O–H groups in total. The van der Waals surface area contributed by atoms with Crippen LogP contribution in [-0.4, -0.2) is 32.7 Å². The molecule has 0 saturated carbocycles.